The lowest BCUT2D eigenvalue weighted by Crippen LogP contribution is -2.28. The number of fused-ring (bicyclic) bond motifs is 1. The summed E-state index contributed by atoms with van der Waals surface area (Å²) in [7, 11) is 0. The van der Waals surface area contributed by atoms with Crippen LogP contribution in [0.15, 0.2) is 79.1 Å². The average molecular weight is 423 g/mol. The summed E-state index contributed by atoms with van der Waals surface area (Å²) < 4.78 is 0. The SMILES string of the molecule is Cc1ccc(NC(=O)c2ccc3cnccc3c2)nc1C(c1ccccc1)N1CCCC1. The van der Waals surface area contributed by atoms with Crippen LogP contribution < -0.4 is 5.32 Å². The van der Waals surface area contributed by atoms with Crippen molar-refractivity contribution in [3.63, 3.8) is 0 Å². The van der Waals surface area contributed by atoms with E-state index < -0.39 is 0 Å². The molecule has 0 saturated carbocycles. The number of hydrogen-bond donors (Lipinski definition) is 1. The third kappa shape index (κ3) is 4.12. The number of likely N-dealkylation sites (tertiary alicyclic amines) is 1. The molecule has 0 aliphatic carbocycles. The molecule has 0 spiro atoms. The first-order valence-electron chi connectivity index (χ1n) is 11.1. The van der Waals surface area contributed by atoms with Crippen LogP contribution in [0.4, 0.5) is 5.82 Å². The standard InChI is InChI=1S/C27H26N4O/c1-19-9-12-24(30-27(32)22-10-11-23-18-28-14-13-21(23)17-22)29-25(19)26(31-15-5-6-16-31)20-7-3-2-4-8-20/h2-4,7-14,17-18,26H,5-6,15-16H2,1H3,(H,29,30,32). The first-order valence-corrected chi connectivity index (χ1v) is 11.1. The molecule has 1 saturated heterocycles. The van der Waals surface area contributed by atoms with Gasteiger partial charge in [0.2, 0.25) is 0 Å². The fourth-order valence-electron chi connectivity index (χ4n) is 4.48. The number of aromatic nitrogens is 2. The lowest BCUT2D eigenvalue weighted by atomic mass is 9.98. The van der Waals surface area contributed by atoms with E-state index in [2.05, 4.69) is 52.5 Å². The molecular formula is C27H26N4O. The second kappa shape index (κ2) is 8.89. The van der Waals surface area contributed by atoms with E-state index in [0.29, 0.717) is 11.4 Å². The van der Waals surface area contributed by atoms with E-state index in [0.717, 1.165) is 35.1 Å². The molecule has 5 rings (SSSR count). The van der Waals surface area contributed by atoms with Crippen LogP contribution in [0.3, 0.4) is 0 Å². The monoisotopic (exact) mass is 422 g/mol. The zero-order valence-electron chi connectivity index (χ0n) is 18.2. The van der Waals surface area contributed by atoms with Crippen LogP contribution in [0.5, 0.6) is 0 Å². The summed E-state index contributed by atoms with van der Waals surface area (Å²) in [6.07, 6.45) is 5.94. The summed E-state index contributed by atoms with van der Waals surface area (Å²) in [6, 6.07) is 22.1. The molecule has 4 aromatic rings. The summed E-state index contributed by atoms with van der Waals surface area (Å²) in [4.78, 5) is 24.5. The van der Waals surface area contributed by atoms with Gasteiger partial charge in [0.1, 0.15) is 5.82 Å². The van der Waals surface area contributed by atoms with Gasteiger partial charge in [0, 0.05) is 23.3 Å². The number of benzene rings is 2. The van der Waals surface area contributed by atoms with Gasteiger partial charge in [0.05, 0.1) is 11.7 Å². The molecule has 3 heterocycles. The minimum absolute atomic E-state index is 0.0868. The first-order chi connectivity index (χ1) is 15.7. The highest BCUT2D eigenvalue weighted by Gasteiger charge is 2.27. The molecule has 1 unspecified atom stereocenters. The van der Waals surface area contributed by atoms with Gasteiger partial charge in [-0.25, -0.2) is 4.98 Å². The zero-order valence-corrected chi connectivity index (χ0v) is 18.2. The van der Waals surface area contributed by atoms with Gasteiger partial charge in [-0.05, 0) is 73.6 Å². The smallest absolute Gasteiger partial charge is 0.256 e. The fourth-order valence-corrected chi connectivity index (χ4v) is 4.48. The first kappa shape index (κ1) is 20.3. The zero-order chi connectivity index (χ0) is 21.9. The van der Waals surface area contributed by atoms with Crippen molar-refractivity contribution >= 4 is 22.5 Å². The van der Waals surface area contributed by atoms with Crippen molar-refractivity contribution in [2.24, 2.45) is 0 Å². The van der Waals surface area contributed by atoms with Gasteiger partial charge in [0.15, 0.2) is 0 Å². The molecule has 1 fully saturated rings. The van der Waals surface area contributed by atoms with Crippen LogP contribution in [0.2, 0.25) is 0 Å². The second-order valence-corrected chi connectivity index (χ2v) is 8.35. The number of amides is 1. The van der Waals surface area contributed by atoms with Crippen LogP contribution >= 0.6 is 0 Å². The van der Waals surface area contributed by atoms with E-state index in [4.69, 9.17) is 4.98 Å². The normalized spacial score (nSPS) is 15.0. The Bertz CT molecular complexity index is 1250. The summed E-state index contributed by atoms with van der Waals surface area (Å²) in [5.74, 6) is 0.411. The molecule has 2 aromatic carbocycles. The number of hydrogen-bond acceptors (Lipinski definition) is 4. The van der Waals surface area contributed by atoms with E-state index in [1.165, 1.54) is 18.4 Å². The van der Waals surface area contributed by atoms with E-state index in [9.17, 15) is 4.79 Å². The number of nitrogens with zero attached hydrogens (tertiary/aromatic N) is 3. The number of carbonyl (C=O) groups excluding carboxylic acids is 1. The quantitative estimate of drug-likeness (QED) is 0.469. The topological polar surface area (TPSA) is 58.1 Å². The molecule has 1 amide bonds. The Morgan fingerprint density at radius 2 is 1.78 bits per heavy atom. The Labute approximate surface area is 188 Å². The maximum absolute atomic E-state index is 13.0. The molecule has 1 aliphatic rings. The highest BCUT2D eigenvalue weighted by molar-refractivity contribution is 6.06. The molecule has 0 radical (unpaired) electrons. The van der Waals surface area contributed by atoms with Crippen molar-refractivity contribution in [2.75, 3.05) is 18.4 Å². The number of pyridine rings is 2. The Hall–Kier alpha value is -3.57. The largest absolute Gasteiger partial charge is 0.307 e. The molecule has 1 aliphatic heterocycles. The van der Waals surface area contributed by atoms with Gasteiger partial charge in [0.25, 0.3) is 5.91 Å². The Morgan fingerprint density at radius 3 is 2.59 bits per heavy atom. The van der Waals surface area contributed by atoms with Crippen LogP contribution in [0.25, 0.3) is 10.8 Å². The van der Waals surface area contributed by atoms with Crippen molar-refractivity contribution in [1.82, 2.24) is 14.9 Å². The molecule has 160 valence electrons. The molecular weight excluding hydrogens is 396 g/mol. The predicted molar refractivity (Wildman–Crippen MR) is 128 cm³/mol. The molecule has 1 atom stereocenters. The Morgan fingerprint density at radius 1 is 0.969 bits per heavy atom. The van der Waals surface area contributed by atoms with E-state index in [-0.39, 0.29) is 11.9 Å². The average Bonchev–Trinajstić information content (AvgIpc) is 3.36. The van der Waals surface area contributed by atoms with E-state index >= 15 is 0 Å². The number of anilines is 1. The predicted octanol–water partition coefficient (Wildman–Crippen LogP) is 5.38. The third-order valence-electron chi connectivity index (χ3n) is 6.16. The third-order valence-corrected chi connectivity index (χ3v) is 6.16. The molecule has 32 heavy (non-hydrogen) atoms. The van der Waals surface area contributed by atoms with Gasteiger partial charge >= 0.3 is 0 Å². The summed E-state index contributed by atoms with van der Waals surface area (Å²) in [5.41, 5.74) is 3.96. The summed E-state index contributed by atoms with van der Waals surface area (Å²) in [5, 5.41) is 5.00. The van der Waals surface area contributed by atoms with Crippen LogP contribution in [-0.4, -0.2) is 33.9 Å². The van der Waals surface area contributed by atoms with E-state index in [1.807, 2.05) is 36.4 Å². The number of nitrogens with one attached hydrogen (secondary N) is 1. The molecule has 5 heteroatoms. The summed E-state index contributed by atoms with van der Waals surface area (Å²) in [6.45, 7) is 4.21. The molecule has 2 aromatic heterocycles. The van der Waals surface area contributed by atoms with Gasteiger partial charge < -0.3 is 5.32 Å². The lowest BCUT2D eigenvalue weighted by Gasteiger charge is -2.29. The Kier molecular flexibility index (Phi) is 5.65. The van der Waals surface area contributed by atoms with Crippen molar-refractivity contribution < 1.29 is 4.79 Å². The fraction of sp³-hybridized carbons (Fsp3) is 0.222. The highest BCUT2D eigenvalue weighted by atomic mass is 16.1. The summed E-state index contributed by atoms with van der Waals surface area (Å²) >= 11 is 0. The maximum Gasteiger partial charge on any atom is 0.256 e. The van der Waals surface area contributed by atoms with Crippen molar-refractivity contribution in [1.29, 1.82) is 0 Å². The Balaban J connectivity index is 1.46. The van der Waals surface area contributed by atoms with Gasteiger partial charge in [-0.3, -0.25) is 14.7 Å². The lowest BCUT2D eigenvalue weighted by molar-refractivity contribution is 0.102. The maximum atomic E-state index is 13.0. The minimum Gasteiger partial charge on any atom is -0.307 e. The van der Waals surface area contributed by atoms with Crippen LogP contribution in [0, 0.1) is 6.92 Å². The van der Waals surface area contributed by atoms with Gasteiger partial charge in [-0.15, -0.1) is 0 Å². The molecule has 5 nitrogen and oxygen atoms in total. The van der Waals surface area contributed by atoms with Gasteiger partial charge in [-0.2, -0.15) is 0 Å². The van der Waals surface area contributed by atoms with Crippen LogP contribution in [-0.2, 0) is 0 Å². The van der Waals surface area contributed by atoms with Crippen LogP contribution in [0.1, 0.15) is 46.1 Å². The van der Waals surface area contributed by atoms with Crippen molar-refractivity contribution in [3.05, 3.63) is 102 Å². The molecule has 0 bridgehead atoms. The minimum atomic E-state index is -0.163. The molecule has 1 N–H and O–H groups in total. The van der Waals surface area contributed by atoms with Crippen molar-refractivity contribution in [3.8, 4) is 0 Å². The second-order valence-electron chi connectivity index (χ2n) is 8.35. The van der Waals surface area contributed by atoms with Gasteiger partial charge in [-0.1, -0.05) is 42.5 Å². The van der Waals surface area contributed by atoms with E-state index in [1.54, 1.807) is 12.4 Å². The number of rotatable bonds is 5. The van der Waals surface area contributed by atoms with Crippen molar-refractivity contribution in [2.45, 2.75) is 25.8 Å². The highest BCUT2D eigenvalue weighted by Crippen LogP contribution is 2.33. The number of aryl methyl sites for hydroxylation is 1. The number of carbonyl (C=O) groups is 1.